The number of pyridine rings is 1. The zero-order valence-electron chi connectivity index (χ0n) is 17.2. The van der Waals surface area contributed by atoms with Gasteiger partial charge < -0.3 is 9.88 Å². The highest BCUT2D eigenvalue weighted by atomic mass is 32.2. The number of aromatic nitrogens is 2. The number of nitrogens with one attached hydrogen (secondary N) is 1. The first-order chi connectivity index (χ1) is 15.0. The number of thiophene rings is 1. The molecule has 7 nitrogen and oxygen atoms in total. The molecule has 0 spiro atoms. The number of sulfonamides is 1. The summed E-state index contributed by atoms with van der Waals surface area (Å²) in [5.41, 5.74) is 2.19. The van der Waals surface area contributed by atoms with Gasteiger partial charge in [0.05, 0.1) is 5.92 Å². The highest BCUT2D eigenvalue weighted by Crippen LogP contribution is 2.34. The lowest BCUT2D eigenvalue weighted by Crippen LogP contribution is -2.48. The third-order valence-electron chi connectivity index (χ3n) is 6.55. The Balaban J connectivity index is 1.23. The van der Waals surface area contributed by atoms with Gasteiger partial charge in [-0.2, -0.15) is 4.31 Å². The van der Waals surface area contributed by atoms with E-state index in [-0.39, 0.29) is 18.4 Å². The lowest BCUT2D eigenvalue weighted by Gasteiger charge is -2.37. The highest BCUT2D eigenvalue weighted by molar-refractivity contribution is 7.91. The first-order valence-corrected chi connectivity index (χ1v) is 13.1. The van der Waals surface area contributed by atoms with Crippen molar-refractivity contribution >= 4 is 38.3 Å². The maximum atomic E-state index is 13.2. The fourth-order valence-corrected chi connectivity index (χ4v) is 7.55. The number of aromatic amines is 1. The molecule has 1 amide bonds. The van der Waals surface area contributed by atoms with Crippen LogP contribution in [-0.4, -0.2) is 59.7 Å². The van der Waals surface area contributed by atoms with Gasteiger partial charge in [0.1, 0.15) is 9.86 Å². The van der Waals surface area contributed by atoms with E-state index in [1.54, 1.807) is 23.7 Å². The molecule has 9 heteroatoms. The van der Waals surface area contributed by atoms with Crippen molar-refractivity contribution in [3.8, 4) is 0 Å². The molecule has 5 rings (SSSR count). The molecule has 0 aliphatic carbocycles. The number of rotatable bonds is 4. The van der Waals surface area contributed by atoms with Gasteiger partial charge in [0.25, 0.3) is 10.0 Å². The van der Waals surface area contributed by atoms with E-state index in [4.69, 9.17) is 0 Å². The van der Waals surface area contributed by atoms with Crippen LogP contribution < -0.4 is 0 Å². The number of carbonyl (C=O) groups excluding carboxylic acids is 1. The maximum Gasteiger partial charge on any atom is 0.252 e. The van der Waals surface area contributed by atoms with Gasteiger partial charge in [0, 0.05) is 44.0 Å². The average Bonchev–Trinajstić information content (AvgIpc) is 3.50. The number of H-pyrrole nitrogens is 1. The largest absolute Gasteiger partial charge is 0.346 e. The molecule has 0 radical (unpaired) electrons. The second-order valence-corrected chi connectivity index (χ2v) is 11.5. The molecule has 2 fully saturated rings. The smallest absolute Gasteiger partial charge is 0.252 e. The van der Waals surface area contributed by atoms with Gasteiger partial charge >= 0.3 is 0 Å². The first kappa shape index (κ1) is 20.7. The molecule has 0 aromatic carbocycles. The molecular formula is C22H26N4O3S2. The third-order valence-corrected chi connectivity index (χ3v) is 9.79. The molecule has 1 atom stereocenters. The van der Waals surface area contributed by atoms with Gasteiger partial charge in [0.2, 0.25) is 5.91 Å². The fourth-order valence-electron chi connectivity index (χ4n) is 4.88. The molecule has 2 saturated heterocycles. The molecule has 3 aromatic heterocycles. The van der Waals surface area contributed by atoms with Gasteiger partial charge in [-0.15, -0.1) is 11.3 Å². The SMILES string of the molecule is O=C(C1CCCN(S(=O)(=O)c2cccs2)C1)N1CCC(c2c[nH]c3ncccc23)CC1. The molecule has 164 valence electrons. The average molecular weight is 459 g/mol. The van der Waals surface area contributed by atoms with Crippen LogP contribution in [0.15, 0.2) is 46.2 Å². The summed E-state index contributed by atoms with van der Waals surface area (Å²) in [6, 6.07) is 7.43. The summed E-state index contributed by atoms with van der Waals surface area (Å²) in [6.45, 7) is 2.20. The van der Waals surface area contributed by atoms with Crippen molar-refractivity contribution in [3.05, 3.63) is 47.6 Å². The summed E-state index contributed by atoms with van der Waals surface area (Å²) in [6.07, 6.45) is 7.14. The Bertz CT molecular complexity index is 1160. The zero-order valence-corrected chi connectivity index (χ0v) is 18.9. The molecule has 0 bridgehead atoms. The fraction of sp³-hybridized carbons (Fsp3) is 0.455. The summed E-state index contributed by atoms with van der Waals surface area (Å²) in [7, 11) is -3.50. The van der Waals surface area contributed by atoms with Crippen molar-refractivity contribution in [1.29, 1.82) is 0 Å². The summed E-state index contributed by atoms with van der Waals surface area (Å²) < 4.78 is 27.6. The molecule has 0 saturated carbocycles. The highest BCUT2D eigenvalue weighted by Gasteiger charge is 2.36. The van der Waals surface area contributed by atoms with Crippen molar-refractivity contribution in [2.75, 3.05) is 26.2 Å². The van der Waals surface area contributed by atoms with Crippen LogP contribution in [-0.2, 0) is 14.8 Å². The van der Waals surface area contributed by atoms with E-state index in [1.807, 2.05) is 17.2 Å². The Morgan fingerprint density at radius 3 is 2.74 bits per heavy atom. The topological polar surface area (TPSA) is 86.4 Å². The monoisotopic (exact) mass is 458 g/mol. The van der Waals surface area contributed by atoms with Crippen LogP contribution in [0, 0.1) is 5.92 Å². The van der Waals surface area contributed by atoms with Crippen LogP contribution in [0.4, 0.5) is 0 Å². The quantitative estimate of drug-likeness (QED) is 0.649. The minimum atomic E-state index is -3.50. The van der Waals surface area contributed by atoms with E-state index in [0.717, 1.165) is 36.7 Å². The Kier molecular flexibility index (Phi) is 5.58. The lowest BCUT2D eigenvalue weighted by molar-refractivity contribution is -0.137. The van der Waals surface area contributed by atoms with Crippen LogP contribution >= 0.6 is 11.3 Å². The molecule has 2 aliphatic heterocycles. The van der Waals surface area contributed by atoms with Crippen molar-refractivity contribution in [2.24, 2.45) is 5.92 Å². The van der Waals surface area contributed by atoms with Gasteiger partial charge in [-0.05, 0) is 60.7 Å². The molecule has 31 heavy (non-hydrogen) atoms. The van der Waals surface area contributed by atoms with Crippen molar-refractivity contribution in [1.82, 2.24) is 19.2 Å². The van der Waals surface area contributed by atoms with Crippen molar-refractivity contribution in [2.45, 2.75) is 35.8 Å². The predicted molar refractivity (Wildman–Crippen MR) is 120 cm³/mol. The van der Waals surface area contributed by atoms with E-state index in [1.165, 1.54) is 21.2 Å². The molecule has 1 unspecified atom stereocenters. The third kappa shape index (κ3) is 3.90. The Morgan fingerprint density at radius 1 is 1.13 bits per heavy atom. The number of carbonyl (C=O) groups is 1. The summed E-state index contributed by atoms with van der Waals surface area (Å²) in [5, 5.41) is 2.93. The first-order valence-electron chi connectivity index (χ1n) is 10.8. The van der Waals surface area contributed by atoms with E-state index < -0.39 is 10.0 Å². The van der Waals surface area contributed by atoms with E-state index in [0.29, 0.717) is 29.8 Å². The number of amides is 1. The predicted octanol–water partition coefficient (Wildman–Crippen LogP) is 3.43. The molecule has 3 aromatic rings. The van der Waals surface area contributed by atoms with Gasteiger partial charge in [-0.3, -0.25) is 4.79 Å². The van der Waals surface area contributed by atoms with Crippen LogP contribution in [0.1, 0.15) is 37.2 Å². The second-order valence-electron chi connectivity index (χ2n) is 8.38. The number of hydrogen-bond donors (Lipinski definition) is 1. The van der Waals surface area contributed by atoms with E-state index in [2.05, 4.69) is 16.0 Å². The van der Waals surface area contributed by atoms with Gasteiger partial charge in [-0.1, -0.05) is 6.07 Å². The van der Waals surface area contributed by atoms with Crippen LogP contribution in [0.5, 0.6) is 0 Å². The standard InChI is InChI=1S/C22H26N4O3S2/c27-22(17-4-2-10-26(15-17)31(28,29)20-6-3-13-30-20)25-11-7-16(8-12-25)19-14-24-21-18(19)5-1-9-23-21/h1,3,5-6,9,13-14,16-17H,2,4,7-8,10-12,15H2,(H,23,24). The maximum absolute atomic E-state index is 13.2. The number of hydrogen-bond acceptors (Lipinski definition) is 5. The summed E-state index contributed by atoms with van der Waals surface area (Å²) >= 11 is 1.23. The summed E-state index contributed by atoms with van der Waals surface area (Å²) in [4.78, 5) is 22.8. The van der Waals surface area contributed by atoms with Crippen LogP contribution in [0.3, 0.4) is 0 Å². The Morgan fingerprint density at radius 2 is 1.97 bits per heavy atom. The van der Waals surface area contributed by atoms with E-state index in [9.17, 15) is 13.2 Å². The minimum absolute atomic E-state index is 0.102. The minimum Gasteiger partial charge on any atom is -0.346 e. The molecule has 5 heterocycles. The molecule has 2 aliphatic rings. The van der Waals surface area contributed by atoms with Crippen LogP contribution in [0.25, 0.3) is 11.0 Å². The summed E-state index contributed by atoms with van der Waals surface area (Å²) in [5.74, 6) is 0.256. The number of nitrogens with zero attached hydrogens (tertiary/aromatic N) is 3. The van der Waals surface area contributed by atoms with Crippen LogP contribution in [0.2, 0.25) is 0 Å². The van der Waals surface area contributed by atoms with Crippen molar-refractivity contribution < 1.29 is 13.2 Å². The molecular weight excluding hydrogens is 432 g/mol. The number of fused-ring (bicyclic) bond motifs is 1. The van der Waals surface area contributed by atoms with Gasteiger partial charge in [-0.25, -0.2) is 13.4 Å². The lowest BCUT2D eigenvalue weighted by atomic mass is 9.88. The second kappa shape index (κ2) is 8.37. The van der Waals surface area contributed by atoms with Crippen molar-refractivity contribution in [3.63, 3.8) is 0 Å². The number of likely N-dealkylation sites (tertiary alicyclic amines) is 1. The number of piperidine rings is 2. The van der Waals surface area contributed by atoms with Gasteiger partial charge in [0.15, 0.2) is 0 Å². The Hall–Kier alpha value is -2.23. The Labute approximate surface area is 186 Å². The normalized spacial score (nSPS) is 21.5. The van der Waals surface area contributed by atoms with E-state index >= 15 is 0 Å². The molecule has 1 N–H and O–H groups in total. The zero-order chi connectivity index (χ0) is 21.4.